The summed E-state index contributed by atoms with van der Waals surface area (Å²) >= 11 is 0. The van der Waals surface area contributed by atoms with Gasteiger partial charge in [0.1, 0.15) is 5.75 Å². The topological polar surface area (TPSA) is 70.6 Å². The Morgan fingerprint density at radius 2 is 1.96 bits per heavy atom. The molecule has 3 N–H and O–H groups in total. The second kappa shape index (κ2) is 8.61. The number of benzene rings is 1. The van der Waals surface area contributed by atoms with Gasteiger partial charge in [0.15, 0.2) is 6.61 Å². The van der Waals surface area contributed by atoms with E-state index in [1.54, 1.807) is 13.0 Å². The quantitative estimate of drug-likeness (QED) is 0.717. The molecule has 0 aliphatic heterocycles. The third-order valence-electron chi connectivity index (χ3n) is 2.88. The number of aliphatic hydroxyl groups excluding tert-OH is 1. The normalized spacial score (nSPS) is 14.0. The number of carbonyl (C=O) groups excluding carboxylic acids is 1. The summed E-state index contributed by atoms with van der Waals surface area (Å²) in [7, 11) is 0. The van der Waals surface area contributed by atoms with Crippen LogP contribution in [0.1, 0.15) is 20.3 Å². The van der Waals surface area contributed by atoms with E-state index in [0.29, 0.717) is 13.0 Å². The van der Waals surface area contributed by atoms with Gasteiger partial charge in [-0.05, 0) is 31.4 Å². The van der Waals surface area contributed by atoms with Crippen molar-refractivity contribution >= 4 is 11.7 Å². The molecule has 0 saturated carbocycles. The highest BCUT2D eigenvalue weighted by atomic mass is 19.4. The van der Waals surface area contributed by atoms with Gasteiger partial charge in [0.25, 0.3) is 0 Å². The van der Waals surface area contributed by atoms with E-state index in [-0.39, 0.29) is 17.4 Å². The number of hydrogen-bond acceptors (Lipinski definition) is 3. The highest BCUT2D eigenvalue weighted by molar-refractivity contribution is 5.90. The van der Waals surface area contributed by atoms with Gasteiger partial charge in [-0.15, -0.1) is 0 Å². The number of nitrogens with one attached hydrogen (secondary N) is 2. The van der Waals surface area contributed by atoms with Crippen LogP contribution in [0.3, 0.4) is 0 Å². The lowest BCUT2D eigenvalue weighted by atomic mass is 10.1. The van der Waals surface area contributed by atoms with E-state index in [2.05, 4.69) is 15.4 Å². The highest BCUT2D eigenvalue weighted by Crippen LogP contribution is 2.26. The lowest BCUT2D eigenvalue weighted by Crippen LogP contribution is -2.33. The fourth-order valence-electron chi connectivity index (χ4n) is 1.95. The van der Waals surface area contributed by atoms with Gasteiger partial charge >= 0.3 is 12.2 Å². The molecule has 0 spiro atoms. The smallest absolute Gasteiger partial charge is 0.422 e. The Hall–Kier alpha value is -1.96. The summed E-state index contributed by atoms with van der Waals surface area (Å²) in [6, 6.07) is 5.33. The summed E-state index contributed by atoms with van der Waals surface area (Å²) in [5.41, 5.74) is 0.150. The third-order valence-corrected chi connectivity index (χ3v) is 2.88. The van der Waals surface area contributed by atoms with Crippen LogP contribution in [0.5, 0.6) is 5.75 Å². The summed E-state index contributed by atoms with van der Waals surface area (Å²) in [6.45, 7) is 2.43. The van der Waals surface area contributed by atoms with Crippen molar-refractivity contribution in [2.24, 2.45) is 5.92 Å². The first-order valence-corrected chi connectivity index (χ1v) is 7.19. The molecular weight excluding hydrogens is 313 g/mol. The van der Waals surface area contributed by atoms with Crippen molar-refractivity contribution in [3.8, 4) is 5.75 Å². The second-order valence-electron chi connectivity index (χ2n) is 5.42. The second-order valence-corrected chi connectivity index (χ2v) is 5.42. The molecule has 23 heavy (non-hydrogen) atoms. The van der Waals surface area contributed by atoms with E-state index in [0.717, 1.165) is 0 Å². The number of amides is 2. The number of ether oxygens (including phenoxy) is 1. The Balaban J connectivity index is 2.54. The van der Waals surface area contributed by atoms with Crippen molar-refractivity contribution < 1.29 is 27.8 Å². The van der Waals surface area contributed by atoms with Crippen LogP contribution in [0.25, 0.3) is 0 Å². The third kappa shape index (κ3) is 8.29. The number of carbonyl (C=O) groups is 1. The molecule has 2 amide bonds. The van der Waals surface area contributed by atoms with E-state index in [9.17, 15) is 23.1 Å². The van der Waals surface area contributed by atoms with Crippen LogP contribution in [-0.4, -0.2) is 36.6 Å². The zero-order valence-corrected chi connectivity index (χ0v) is 13.0. The Morgan fingerprint density at radius 1 is 1.30 bits per heavy atom. The number of halogens is 3. The lowest BCUT2D eigenvalue weighted by Gasteiger charge is -2.16. The van der Waals surface area contributed by atoms with E-state index < -0.39 is 24.9 Å². The molecule has 0 heterocycles. The first-order chi connectivity index (χ1) is 10.7. The van der Waals surface area contributed by atoms with Gasteiger partial charge in [0, 0.05) is 6.54 Å². The number of aliphatic hydroxyl groups is 1. The van der Waals surface area contributed by atoms with E-state index in [1.165, 1.54) is 18.2 Å². The van der Waals surface area contributed by atoms with E-state index >= 15 is 0 Å². The number of anilines is 1. The Labute approximate surface area is 132 Å². The number of urea groups is 1. The molecule has 0 aliphatic rings. The minimum absolute atomic E-state index is 0.0583. The van der Waals surface area contributed by atoms with Crippen LogP contribution < -0.4 is 15.4 Å². The van der Waals surface area contributed by atoms with Gasteiger partial charge in [0.2, 0.25) is 0 Å². The largest absolute Gasteiger partial charge is 0.482 e. The molecule has 0 radical (unpaired) electrons. The molecular formula is C15H21F3N2O3. The van der Waals surface area contributed by atoms with Crippen LogP contribution in [0, 0.1) is 5.92 Å². The van der Waals surface area contributed by atoms with Gasteiger partial charge in [-0.25, -0.2) is 4.79 Å². The van der Waals surface area contributed by atoms with Crippen LogP contribution in [0.4, 0.5) is 23.7 Å². The Kier molecular flexibility index (Phi) is 7.15. The standard InChI is InChI=1S/C15H21F3N2O3/c1-10(7-11(2)21)8-19-14(22)20-12-5-3-4-6-13(12)23-9-15(16,17)18/h3-6,10-11,21H,7-9H2,1-2H3,(H2,19,20,22)/t10-,11+/m0/s1. The summed E-state index contributed by atoms with van der Waals surface area (Å²) in [5.74, 6) is 0.00878. The zero-order valence-electron chi connectivity index (χ0n) is 13.0. The maximum absolute atomic E-state index is 12.2. The molecule has 0 fully saturated rings. The SMILES string of the molecule is C[C@H](CNC(=O)Nc1ccccc1OCC(F)(F)F)C[C@@H](C)O. The molecule has 1 aromatic rings. The average molecular weight is 334 g/mol. The number of alkyl halides is 3. The first kappa shape index (κ1) is 19.1. The molecule has 0 unspecified atom stereocenters. The van der Waals surface area contributed by atoms with E-state index in [1.807, 2.05) is 6.92 Å². The first-order valence-electron chi connectivity index (χ1n) is 7.19. The fourth-order valence-corrected chi connectivity index (χ4v) is 1.95. The van der Waals surface area contributed by atoms with Gasteiger partial charge in [-0.1, -0.05) is 19.1 Å². The van der Waals surface area contributed by atoms with Crippen molar-refractivity contribution in [3.63, 3.8) is 0 Å². The Bertz CT molecular complexity index is 507. The monoisotopic (exact) mass is 334 g/mol. The van der Waals surface area contributed by atoms with Crippen molar-refractivity contribution in [2.75, 3.05) is 18.5 Å². The number of rotatable bonds is 7. The molecule has 0 aliphatic carbocycles. The van der Waals surface area contributed by atoms with Crippen LogP contribution in [-0.2, 0) is 0 Å². The minimum atomic E-state index is -4.45. The van der Waals surface area contributed by atoms with Crippen LogP contribution >= 0.6 is 0 Å². The molecule has 2 atom stereocenters. The summed E-state index contributed by atoms with van der Waals surface area (Å²) in [5, 5.41) is 14.3. The maximum Gasteiger partial charge on any atom is 0.422 e. The van der Waals surface area contributed by atoms with Crippen molar-refractivity contribution in [3.05, 3.63) is 24.3 Å². The van der Waals surface area contributed by atoms with Crippen molar-refractivity contribution in [2.45, 2.75) is 32.5 Å². The Morgan fingerprint density at radius 3 is 2.57 bits per heavy atom. The zero-order chi connectivity index (χ0) is 17.5. The van der Waals surface area contributed by atoms with Crippen molar-refractivity contribution in [1.29, 1.82) is 0 Å². The molecule has 1 aromatic carbocycles. The predicted octanol–water partition coefficient (Wildman–Crippen LogP) is 3.16. The average Bonchev–Trinajstić information content (AvgIpc) is 2.42. The molecule has 0 saturated heterocycles. The molecule has 0 bridgehead atoms. The fraction of sp³-hybridized carbons (Fsp3) is 0.533. The summed E-state index contributed by atoms with van der Waals surface area (Å²) in [4.78, 5) is 11.8. The summed E-state index contributed by atoms with van der Waals surface area (Å²) < 4.78 is 41.3. The van der Waals surface area contributed by atoms with Crippen molar-refractivity contribution in [1.82, 2.24) is 5.32 Å². The summed E-state index contributed by atoms with van der Waals surface area (Å²) in [6.07, 6.45) is -4.39. The highest BCUT2D eigenvalue weighted by Gasteiger charge is 2.28. The van der Waals surface area contributed by atoms with E-state index in [4.69, 9.17) is 0 Å². The molecule has 1 rings (SSSR count). The van der Waals surface area contributed by atoms with Gasteiger partial charge in [0.05, 0.1) is 11.8 Å². The molecule has 5 nitrogen and oxygen atoms in total. The molecule has 130 valence electrons. The maximum atomic E-state index is 12.2. The molecule has 8 heteroatoms. The lowest BCUT2D eigenvalue weighted by molar-refractivity contribution is -0.153. The minimum Gasteiger partial charge on any atom is -0.482 e. The van der Waals surface area contributed by atoms with Crippen LogP contribution in [0.15, 0.2) is 24.3 Å². The number of para-hydroxylation sites is 2. The molecule has 0 aromatic heterocycles. The van der Waals surface area contributed by atoms with Gasteiger partial charge in [-0.3, -0.25) is 0 Å². The predicted molar refractivity (Wildman–Crippen MR) is 80.5 cm³/mol. The van der Waals surface area contributed by atoms with Crippen LogP contribution in [0.2, 0.25) is 0 Å². The number of hydrogen-bond donors (Lipinski definition) is 3. The van der Waals surface area contributed by atoms with Gasteiger partial charge in [-0.2, -0.15) is 13.2 Å². The van der Waals surface area contributed by atoms with Gasteiger partial charge < -0.3 is 20.5 Å².